The molecule has 0 saturated carbocycles. The van der Waals surface area contributed by atoms with Crippen molar-refractivity contribution in [2.24, 2.45) is 28.1 Å². The van der Waals surface area contributed by atoms with Crippen LogP contribution in [-0.4, -0.2) is 152 Å². The Hall–Kier alpha value is -5.76. The number of aliphatic imine (C=N–C) groups is 1. The van der Waals surface area contributed by atoms with E-state index in [4.69, 9.17) is 17.2 Å². The van der Waals surface area contributed by atoms with E-state index in [-0.39, 0.29) is 69.5 Å². The van der Waals surface area contributed by atoms with Gasteiger partial charge in [-0.3, -0.25) is 33.8 Å². The quantitative estimate of drug-likeness (QED) is 0.0468. The molecule has 8 atom stereocenters. The predicted octanol–water partition coefficient (Wildman–Crippen LogP) is -0.970. The van der Waals surface area contributed by atoms with Crippen molar-refractivity contribution in [2.75, 3.05) is 26.2 Å². The summed E-state index contributed by atoms with van der Waals surface area (Å²) in [6.45, 7) is 6.02. The number of nitrogens with two attached hydrogens (primary N) is 3. The van der Waals surface area contributed by atoms with Gasteiger partial charge in [-0.1, -0.05) is 32.0 Å². The molecule has 3 fully saturated rings. The lowest BCUT2D eigenvalue weighted by Gasteiger charge is -2.33. The maximum absolute atomic E-state index is 14.4. The molecule has 20 nitrogen and oxygen atoms in total. The summed E-state index contributed by atoms with van der Waals surface area (Å²) < 4.78 is 0. The summed E-state index contributed by atoms with van der Waals surface area (Å²) in [6, 6.07) is -0.351. The van der Waals surface area contributed by atoms with Crippen LogP contribution in [0, 0.1) is 5.92 Å². The molecule has 3 aliphatic heterocycles. The van der Waals surface area contributed by atoms with Crippen molar-refractivity contribution in [3.8, 4) is 0 Å². The van der Waals surface area contributed by atoms with E-state index < -0.39 is 83.9 Å². The monoisotopic (exact) mass is 865 g/mol. The van der Waals surface area contributed by atoms with Gasteiger partial charge in [0.1, 0.15) is 36.3 Å². The standard InChI is InChI=1S/C42H63N11O9/c1-23(2)20-27(43)38(58)51-17-7-14-32(51)37(57)50-34(24(3)54)40(60)52-18-8-13-31(52)36(56)49-30(21-25-22-47-28-11-5-4-10-26(25)28)35(55)48-29(12-6-16-46-42(44)45)39(59)53-19-9-15-33(53)41(61)62/h4-5,10-11,22-24,27,29-34,47,54H,6-9,12-21,43H2,1-3H3,(H,48,55)(H,49,56)(H,50,57)(H,61,62)(H4,44,45,46)/t24-,27+,29+,30+,31+,32+,33+,34+/m1/s1. The molecule has 1 aromatic carbocycles. The van der Waals surface area contributed by atoms with E-state index in [0.29, 0.717) is 44.2 Å². The molecule has 62 heavy (non-hydrogen) atoms. The molecule has 0 unspecified atom stereocenters. The van der Waals surface area contributed by atoms with Crippen molar-refractivity contribution in [3.05, 3.63) is 36.0 Å². The van der Waals surface area contributed by atoms with Gasteiger partial charge in [0.05, 0.1) is 12.1 Å². The van der Waals surface area contributed by atoms with Gasteiger partial charge in [-0.15, -0.1) is 0 Å². The number of aliphatic hydroxyl groups excluding tert-OH is 1. The summed E-state index contributed by atoms with van der Waals surface area (Å²) in [7, 11) is 0. The number of amides is 6. The van der Waals surface area contributed by atoms with Crippen LogP contribution < -0.4 is 33.2 Å². The zero-order chi connectivity index (χ0) is 45.2. The number of aliphatic hydroxyl groups is 1. The van der Waals surface area contributed by atoms with Crippen LogP contribution in [0.1, 0.15) is 84.1 Å². The minimum Gasteiger partial charge on any atom is -0.480 e. The van der Waals surface area contributed by atoms with Crippen molar-refractivity contribution >= 4 is 58.3 Å². The van der Waals surface area contributed by atoms with Crippen molar-refractivity contribution < 1.29 is 43.8 Å². The molecular weight excluding hydrogens is 803 g/mol. The highest BCUT2D eigenvalue weighted by molar-refractivity contribution is 5.98. The van der Waals surface area contributed by atoms with Crippen molar-refractivity contribution in [1.29, 1.82) is 0 Å². The molecule has 340 valence electrons. The first kappa shape index (κ1) is 47.3. The summed E-state index contributed by atoms with van der Waals surface area (Å²) in [5, 5.41) is 29.7. The molecule has 0 aliphatic carbocycles. The van der Waals surface area contributed by atoms with Crippen LogP contribution >= 0.6 is 0 Å². The highest BCUT2D eigenvalue weighted by Crippen LogP contribution is 2.25. The van der Waals surface area contributed by atoms with Crippen molar-refractivity contribution in [1.82, 2.24) is 35.6 Å². The van der Waals surface area contributed by atoms with Crippen LogP contribution in [0.4, 0.5) is 0 Å². The Bertz CT molecular complexity index is 1980. The van der Waals surface area contributed by atoms with Gasteiger partial charge in [0.25, 0.3) is 0 Å². The second-order valence-electron chi connectivity index (χ2n) is 17.0. The Morgan fingerprint density at radius 3 is 1.98 bits per heavy atom. The number of likely N-dealkylation sites (tertiary alicyclic amines) is 3. The third kappa shape index (κ3) is 11.6. The summed E-state index contributed by atoms with van der Waals surface area (Å²) in [6.07, 6.45) is 3.35. The zero-order valence-corrected chi connectivity index (χ0v) is 35.8. The van der Waals surface area contributed by atoms with E-state index in [1.165, 1.54) is 21.6 Å². The highest BCUT2D eigenvalue weighted by atomic mass is 16.4. The number of para-hydroxylation sites is 1. The Morgan fingerprint density at radius 1 is 0.806 bits per heavy atom. The van der Waals surface area contributed by atoms with Crippen LogP contribution in [0.25, 0.3) is 10.9 Å². The number of nitrogens with one attached hydrogen (secondary N) is 4. The van der Waals surface area contributed by atoms with Gasteiger partial charge < -0.3 is 63.0 Å². The van der Waals surface area contributed by atoms with Gasteiger partial charge in [0, 0.05) is 49.7 Å². The molecule has 0 spiro atoms. The van der Waals surface area contributed by atoms with Gasteiger partial charge in [-0.25, -0.2) is 4.79 Å². The van der Waals surface area contributed by atoms with Gasteiger partial charge in [-0.2, -0.15) is 0 Å². The van der Waals surface area contributed by atoms with Crippen LogP contribution in [0.2, 0.25) is 0 Å². The Morgan fingerprint density at radius 2 is 1.39 bits per heavy atom. The topological polar surface area (TPSA) is 312 Å². The lowest BCUT2D eigenvalue weighted by atomic mass is 10.0. The number of aromatic amines is 1. The van der Waals surface area contributed by atoms with Gasteiger partial charge >= 0.3 is 5.97 Å². The van der Waals surface area contributed by atoms with Gasteiger partial charge in [-0.05, 0) is 82.3 Å². The maximum atomic E-state index is 14.4. The molecule has 12 N–H and O–H groups in total. The van der Waals surface area contributed by atoms with E-state index in [9.17, 15) is 43.8 Å². The van der Waals surface area contributed by atoms with Crippen LogP contribution in [0.15, 0.2) is 35.5 Å². The van der Waals surface area contributed by atoms with E-state index in [2.05, 4.69) is 25.9 Å². The first-order valence-corrected chi connectivity index (χ1v) is 21.6. The number of fused-ring (bicyclic) bond motifs is 1. The molecule has 5 rings (SSSR count). The molecule has 4 heterocycles. The van der Waals surface area contributed by atoms with Crippen LogP contribution in [0.5, 0.6) is 0 Å². The SMILES string of the molecule is CC(C)C[C@H](N)C(=O)N1CCC[C@H]1C(=O)N[C@H](C(=O)N1CCC[C@H]1C(=O)N[C@@H](Cc1c[nH]c2ccccc12)C(=O)N[C@@H](CCCN=C(N)N)C(=O)N1CCC[C@H]1C(=O)O)[C@@H](C)O. The van der Waals surface area contributed by atoms with Gasteiger partial charge in [0.15, 0.2) is 5.96 Å². The average molecular weight is 866 g/mol. The third-order valence-electron chi connectivity index (χ3n) is 11.9. The van der Waals surface area contributed by atoms with E-state index in [0.717, 1.165) is 10.9 Å². The fraction of sp³-hybridized carbons (Fsp3) is 0.619. The number of carbonyl (C=O) groups is 7. The Labute approximate surface area is 360 Å². The van der Waals surface area contributed by atoms with Gasteiger partial charge in [0.2, 0.25) is 35.4 Å². The van der Waals surface area contributed by atoms with E-state index in [1.54, 1.807) is 6.20 Å². The first-order valence-electron chi connectivity index (χ1n) is 21.6. The molecule has 0 bridgehead atoms. The predicted molar refractivity (Wildman–Crippen MR) is 229 cm³/mol. The molecule has 0 radical (unpaired) electrons. The highest BCUT2D eigenvalue weighted by Gasteiger charge is 2.44. The minimum atomic E-state index is -1.45. The number of hydrogen-bond donors (Lipinski definition) is 9. The normalized spacial score (nSPS) is 21.3. The number of hydrogen-bond acceptors (Lipinski definition) is 10. The number of H-pyrrole nitrogens is 1. The molecule has 3 saturated heterocycles. The zero-order valence-electron chi connectivity index (χ0n) is 35.8. The van der Waals surface area contributed by atoms with Crippen LogP contribution in [-0.2, 0) is 40.0 Å². The third-order valence-corrected chi connectivity index (χ3v) is 11.9. The number of benzene rings is 1. The smallest absolute Gasteiger partial charge is 0.326 e. The molecule has 6 amide bonds. The summed E-state index contributed by atoms with van der Waals surface area (Å²) in [4.78, 5) is 107. The average Bonchev–Trinajstić information content (AvgIpc) is 4.06. The number of aliphatic carboxylic acids is 1. The lowest BCUT2D eigenvalue weighted by Crippen LogP contribution is -2.61. The summed E-state index contributed by atoms with van der Waals surface area (Å²) >= 11 is 0. The maximum Gasteiger partial charge on any atom is 0.326 e. The number of rotatable bonds is 19. The molecule has 1 aromatic heterocycles. The summed E-state index contributed by atoms with van der Waals surface area (Å²) in [5.41, 5.74) is 18.6. The fourth-order valence-corrected chi connectivity index (χ4v) is 8.76. The number of aromatic nitrogens is 1. The molecule has 3 aliphatic rings. The van der Waals surface area contributed by atoms with Crippen LogP contribution in [0.3, 0.4) is 0 Å². The minimum absolute atomic E-state index is 0.0254. The molecule has 2 aromatic rings. The lowest BCUT2D eigenvalue weighted by molar-refractivity contribution is -0.149. The van der Waals surface area contributed by atoms with E-state index in [1.807, 2.05) is 38.1 Å². The first-order chi connectivity index (χ1) is 29.5. The van der Waals surface area contributed by atoms with Crippen molar-refractivity contribution in [3.63, 3.8) is 0 Å². The fourth-order valence-electron chi connectivity index (χ4n) is 8.76. The number of carboxylic acid groups (broad SMARTS) is 1. The molecular formula is C42H63N11O9. The number of carboxylic acids is 1. The van der Waals surface area contributed by atoms with E-state index >= 15 is 0 Å². The largest absolute Gasteiger partial charge is 0.480 e. The Kier molecular flexibility index (Phi) is 16.3. The second-order valence-corrected chi connectivity index (χ2v) is 17.0. The summed E-state index contributed by atoms with van der Waals surface area (Å²) in [5.74, 6) is -4.81. The molecule has 20 heteroatoms. The van der Waals surface area contributed by atoms with Crippen molar-refractivity contribution in [2.45, 2.75) is 133 Å². The number of nitrogens with zero attached hydrogens (tertiary/aromatic N) is 4. The number of carbonyl (C=O) groups excluding carboxylic acids is 6. The Balaban J connectivity index is 1.35. The number of guanidine groups is 1. The second kappa shape index (κ2) is 21.4.